The van der Waals surface area contributed by atoms with E-state index in [-0.39, 0.29) is 12.0 Å². The van der Waals surface area contributed by atoms with Crippen LogP contribution in [0.5, 0.6) is 5.75 Å². The lowest BCUT2D eigenvalue weighted by Crippen LogP contribution is -2.21. The van der Waals surface area contributed by atoms with E-state index in [1.54, 1.807) is 37.4 Å². The Labute approximate surface area is 175 Å². The van der Waals surface area contributed by atoms with Crippen molar-refractivity contribution in [2.75, 3.05) is 19.0 Å². The molecule has 0 amide bonds. The van der Waals surface area contributed by atoms with Crippen molar-refractivity contribution in [2.24, 2.45) is 5.41 Å². The van der Waals surface area contributed by atoms with Gasteiger partial charge in [-0.2, -0.15) is 9.49 Å². The zero-order chi connectivity index (χ0) is 21.3. The summed E-state index contributed by atoms with van der Waals surface area (Å²) in [6, 6.07) is 10.4. The zero-order valence-electron chi connectivity index (χ0n) is 17.5. The van der Waals surface area contributed by atoms with E-state index in [1.807, 2.05) is 0 Å². The van der Waals surface area contributed by atoms with Crippen LogP contribution in [0.2, 0.25) is 0 Å². The number of benzene rings is 1. The van der Waals surface area contributed by atoms with Crippen molar-refractivity contribution < 1.29 is 14.2 Å². The first-order chi connectivity index (χ1) is 14.3. The molecule has 1 atom stereocenters. The maximum absolute atomic E-state index is 14.2. The molecule has 3 N–H and O–H groups in total. The number of aromatic nitrogens is 3. The molecule has 0 radical (unpaired) electrons. The Hall–Kier alpha value is -2.93. The second-order valence-electron chi connectivity index (χ2n) is 8.60. The van der Waals surface area contributed by atoms with Gasteiger partial charge in [0.1, 0.15) is 11.6 Å². The lowest BCUT2D eigenvalue weighted by atomic mass is 9.76. The molecule has 7 heteroatoms. The molecule has 0 fully saturated rings. The van der Waals surface area contributed by atoms with E-state index in [1.165, 1.54) is 6.07 Å². The van der Waals surface area contributed by atoms with Crippen LogP contribution in [0.4, 0.5) is 10.2 Å². The van der Waals surface area contributed by atoms with Crippen LogP contribution in [0.3, 0.4) is 0 Å². The molecule has 2 heterocycles. The van der Waals surface area contributed by atoms with E-state index in [0.717, 1.165) is 47.5 Å². The van der Waals surface area contributed by atoms with E-state index < -0.39 is 12.1 Å². The van der Waals surface area contributed by atoms with Gasteiger partial charge in [-0.05, 0) is 48.4 Å². The van der Waals surface area contributed by atoms with Gasteiger partial charge >= 0.3 is 0 Å². The van der Waals surface area contributed by atoms with E-state index in [2.05, 4.69) is 34.3 Å². The third-order valence-electron chi connectivity index (χ3n) is 5.70. The summed E-state index contributed by atoms with van der Waals surface area (Å²) in [6.07, 6.45) is 2.16. The maximum atomic E-state index is 14.2. The molecule has 6 nitrogen and oxygen atoms in total. The number of ether oxygens (including phenoxy) is 1. The van der Waals surface area contributed by atoms with E-state index in [9.17, 15) is 9.50 Å². The number of hydrogen-bond acceptors (Lipinski definition) is 5. The molecule has 1 aliphatic carbocycles. The Balaban J connectivity index is 1.51. The van der Waals surface area contributed by atoms with Gasteiger partial charge in [-0.15, -0.1) is 0 Å². The van der Waals surface area contributed by atoms with Gasteiger partial charge in [0.15, 0.2) is 0 Å². The number of aliphatic hydroxyl groups excluding tert-OH is 1. The number of hydrogen-bond donors (Lipinski definition) is 3. The molecule has 158 valence electrons. The maximum Gasteiger partial charge on any atom is 0.215 e. The van der Waals surface area contributed by atoms with Crippen molar-refractivity contribution >= 4 is 5.82 Å². The summed E-state index contributed by atoms with van der Waals surface area (Å²) >= 11 is 0. The SMILES string of the molecule is COc1ccc(C(O)CNc2cc(-c3n[nH]c4c3CCC(C)(C)C4)cc(F)n2)cc1. The zero-order valence-corrected chi connectivity index (χ0v) is 17.5. The van der Waals surface area contributed by atoms with Crippen molar-refractivity contribution in [2.45, 2.75) is 39.2 Å². The minimum absolute atomic E-state index is 0.203. The molecule has 4 rings (SSSR count). The summed E-state index contributed by atoms with van der Waals surface area (Å²) in [6.45, 7) is 4.70. The molecule has 0 aliphatic heterocycles. The number of pyridine rings is 1. The lowest BCUT2D eigenvalue weighted by Gasteiger charge is -2.29. The first kappa shape index (κ1) is 20.3. The summed E-state index contributed by atoms with van der Waals surface area (Å²) in [5, 5.41) is 21.1. The minimum Gasteiger partial charge on any atom is -0.497 e. The van der Waals surface area contributed by atoms with Crippen LogP contribution in [0.15, 0.2) is 36.4 Å². The molecule has 1 aliphatic rings. The summed E-state index contributed by atoms with van der Waals surface area (Å²) in [4.78, 5) is 3.93. The third kappa shape index (κ3) is 4.31. The van der Waals surface area contributed by atoms with Crippen molar-refractivity contribution in [3.8, 4) is 17.0 Å². The third-order valence-corrected chi connectivity index (χ3v) is 5.70. The largest absolute Gasteiger partial charge is 0.497 e. The number of nitrogens with one attached hydrogen (secondary N) is 2. The van der Waals surface area contributed by atoms with Crippen LogP contribution in [-0.2, 0) is 12.8 Å². The molecule has 30 heavy (non-hydrogen) atoms. The molecule has 0 saturated carbocycles. The fraction of sp³-hybridized carbons (Fsp3) is 0.391. The van der Waals surface area contributed by atoms with Crippen molar-refractivity contribution in [1.29, 1.82) is 0 Å². The first-order valence-electron chi connectivity index (χ1n) is 10.1. The van der Waals surface area contributed by atoms with Crippen molar-refractivity contribution in [3.63, 3.8) is 0 Å². The molecule has 2 aromatic heterocycles. The molecular weight excluding hydrogens is 383 g/mol. The number of nitrogens with zero attached hydrogens (tertiary/aromatic N) is 2. The number of H-pyrrole nitrogens is 1. The molecule has 0 bridgehead atoms. The van der Waals surface area contributed by atoms with Crippen LogP contribution in [-0.4, -0.2) is 33.9 Å². The van der Waals surface area contributed by atoms with Gasteiger partial charge in [0.2, 0.25) is 5.95 Å². The Bertz CT molecular complexity index is 1030. The van der Waals surface area contributed by atoms with E-state index >= 15 is 0 Å². The van der Waals surface area contributed by atoms with Crippen LogP contribution in [0.1, 0.15) is 43.2 Å². The number of fused-ring (bicyclic) bond motifs is 1. The number of rotatable bonds is 6. The second kappa shape index (κ2) is 8.07. The Morgan fingerprint density at radius 3 is 2.77 bits per heavy atom. The predicted octanol–water partition coefficient (Wildman–Crippen LogP) is 4.28. The summed E-state index contributed by atoms with van der Waals surface area (Å²) in [5.41, 5.74) is 4.72. The summed E-state index contributed by atoms with van der Waals surface area (Å²) in [7, 11) is 1.59. The number of halogens is 1. The lowest BCUT2D eigenvalue weighted by molar-refractivity contribution is 0.191. The Morgan fingerprint density at radius 1 is 1.27 bits per heavy atom. The fourth-order valence-electron chi connectivity index (χ4n) is 3.96. The average molecular weight is 410 g/mol. The van der Waals surface area contributed by atoms with Gasteiger partial charge in [-0.1, -0.05) is 26.0 Å². The average Bonchev–Trinajstić information content (AvgIpc) is 3.13. The van der Waals surface area contributed by atoms with Gasteiger partial charge in [-0.3, -0.25) is 5.10 Å². The van der Waals surface area contributed by atoms with Crippen LogP contribution >= 0.6 is 0 Å². The smallest absolute Gasteiger partial charge is 0.215 e. The Morgan fingerprint density at radius 2 is 2.03 bits per heavy atom. The number of aromatic amines is 1. The highest BCUT2D eigenvalue weighted by Crippen LogP contribution is 2.38. The van der Waals surface area contributed by atoms with Gasteiger partial charge in [0, 0.05) is 29.4 Å². The van der Waals surface area contributed by atoms with Gasteiger partial charge < -0.3 is 15.2 Å². The Kier molecular flexibility index (Phi) is 5.47. The number of methoxy groups -OCH3 is 1. The molecular formula is C23H27FN4O2. The molecule has 1 aromatic carbocycles. The number of anilines is 1. The van der Waals surface area contributed by atoms with Gasteiger partial charge in [-0.25, -0.2) is 4.98 Å². The van der Waals surface area contributed by atoms with E-state index in [4.69, 9.17) is 4.74 Å². The standard InChI is InChI=1S/C23H27FN4O2/c1-23(2)9-8-17-18(12-23)27-28-22(17)15-10-20(24)26-21(11-15)25-13-19(29)14-4-6-16(30-3)7-5-14/h4-7,10-11,19,29H,8-9,12-13H2,1-3H3,(H,25,26)(H,27,28). The monoisotopic (exact) mass is 410 g/mol. The summed E-state index contributed by atoms with van der Waals surface area (Å²) < 4.78 is 19.4. The normalized spacial score (nSPS) is 16.0. The highest BCUT2D eigenvalue weighted by atomic mass is 19.1. The van der Waals surface area contributed by atoms with Crippen LogP contribution in [0, 0.1) is 11.4 Å². The predicted molar refractivity (Wildman–Crippen MR) is 114 cm³/mol. The fourth-order valence-corrected chi connectivity index (χ4v) is 3.96. The van der Waals surface area contributed by atoms with Gasteiger partial charge in [0.05, 0.1) is 18.9 Å². The molecule has 1 unspecified atom stereocenters. The van der Waals surface area contributed by atoms with Crippen molar-refractivity contribution in [1.82, 2.24) is 15.2 Å². The molecule has 0 spiro atoms. The molecule has 0 saturated heterocycles. The first-order valence-corrected chi connectivity index (χ1v) is 10.1. The van der Waals surface area contributed by atoms with E-state index in [0.29, 0.717) is 11.4 Å². The topological polar surface area (TPSA) is 83.1 Å². The second-order valence-corrected chi connectivity index (χ2v) is 8.60. The highest BCUT2D eigenvalue weighted by Gasteiger charge is 2.29. The quantitative estimate of drug-likeness (QED) is 0.529. The minimum atomic E-state index is -0.759. The molecule has 3 aromatic rings. The highest BCUT2D eigenvalue weighted by molar-refractivity contribution is 5.67. The summed E-state index contributed by atoms with van der Waals surface area (Å²) in [5.74, 6) is 0.508. The van der Waals surface area contributed by atoms with Crippen molar-refractivity contribution in [3.05, 3.63) is 59.2 Å². The number of aliphatic hydroxyl groups is 1. The van der Waals surface area contributed by atoms with Crippen LogP contribution in [0.25, 0.3) is 11.3 Å². The van der Waals surface area contributed by atoms with Gasteiger partial charge in [0.25, 0.3) is 0 Å². The van der Waals surface area contributed by atoms with Crippen LogP contribution < -0.4 is 10.1 Å².